The first-order valence-electron chi connectivity index (χ1n) is 8.15. The van der Waals surface area contributed by atoms with Crippen LogP contribution in [-0.4, -0.2) is 35.6 Å². The van der Waals surface area contributed by atoms with Gasteiger partial charge >= 0.3 is 0 Å². The highest BCUT2D eigenvalue weighted by atomic mass is 19.1. The Morgan fingerprint density at radius 1 is 1.30 bits per heavy atom. The van der Waals surface area contributed by atoms with Crippen LogP contribution in [0.25, 0.3) is 5.57 Å². The number of amides is 1. The van der Waals surface area contributed by atoms with Gasteiger partial charge < -0.3 is 21.3 Å². The second kappa shape index (κ2) is 7.28. The van der Waals surface area contributed by atoms with Crippen molar-refractivity contribution in [3.63, 3.8) is 0 Å². The normalized spacial score (nSPS) is 15.7. The smallest absolute Gasteiger partial charge is 0.261 e. The van der Waals surface area contributed by atoms with Crippen LogP contribution in [0.5, 0.6) is 0 Å². The van der Waals surface area contributed by atoms with Gasteiger partial charge in [-0.25, -0.2) is 9.37 Å². The number of hydrogen-bond donors (Lipinski definition) is 4. The fraction of sp³-hybridized carbons (Fsp3) is 0.105. The molecule has 27 heavy (non-hydrogen) atoms. The first-order chi connectivity index (χ1) is 12.9. The van der Waals surface area contributed by atoms with Crippen LogP contribution >= 0.6 is 0 Å². The van der Waals surface area contributed by atoms with E-state index < -0.39 is 5.82 Å². The molecule has 138 valence electrons. The Bertz CT molecular complexity index is 965. The first-order valence-corrected chi connectivity index (χ1v) is 8.15. The molecule has 0 saturated carbocycles. The molecule has 3 rings (SSSR count). The number of likely N-dealkylation sites (N-methyl/N-ethyl adjacent to an activating group) is 1. The summed E-state index contributed by atoms with van der Waals surface area (Å²) in [6.45, 7) is 0. The number of hydrogen-bond acceptors (Lipinski definition) is 6. The Hall–Kier alpha value is -3.68. The summed E-state index contributed by atoms with van der Waals surface area (Å²) in [4.78, 5) is 17.7. The highest BCUT2D eigenvalue weighted by molar-refractivity contribution is 6.41. The van der Waals surface area contributed by atoms with Gasteiger partial charge in [0.2, 0.25) is 0 Å². The Kier molecular flexibility index (Phi) is 4.89. The van der Waals surface area contributed by atoms with E-state index in [-0.39, 0.29) is 17.2 Å². The standard InChI is InChI=1S/C19H19FN6O/c1-23-9-14-18(22)15(10-26(2)19(14)27)13-7-12(21)4-5-16(13)25-17-6-3-11(20)8-24-17/h3-10,22-23H,21H2,1-2H3,(H,24,25)/b14-9+,22-18?. The molecule has 1 amide bonds. The van der Waals surface area contributed by atoms with E-state index in [0.29, 0.717) is 28.3 Å². The summed E-state index contributed by atoms with van der Waals surface area (Å²) in [6, 6.07) is 7.99. The van der Waals surface area contributed by atoms with Gasteiger partial charge in [0.1, 0.15) is 11.6 Å². The molecule has 1 aromatic heterocycles. The number of anilines is 3. The van der Waals surface area contributed by atoms with E-state index in [4.69, 9.17) is 11.1 Å². The van der Waals surface area contributed by atoms with Gasteiger partial charge in [-0.1, -0.05) is 0 Å². The number of allylic oxidation sites excluding steroid dienone is 1. The molecule has 1 aliphatic rings. The molecule has 0 radical (unpaired) electrons. The Labute approximate surface area is 155 Å². The zero-order valence-corrected chi connectivity index (χ0v) is 14.9. The molecule has 0 fully saturated rings. The highest BCUT2D eigenvalue weighted by Crippen LogP contribution is 2.33. The minimum Gasteiger partial charge on any atom is -0.399 e. The summed E-state index contributed by atoms with van der Waals surface area (Å²) in [6.07, 6.45) is 4.20. The lowest BCUT2D eigenvalue weighted by Gasteiger charge is -2.25. The first kappa shape index (κ1) is 18.1. The zero-order valence-electron chi connectivity index (χ0n) is 14.9. The molecule has 1 aromatic carbocycles. The Balaban J connectivity index is 2.07. The third kappa shape index (κ3) is 3.64. The van der Waals surface area contributed by atoms with Crippen LogP contribution < -0.4 is 16.4 Å². The van der Waals surface area contributed by atoms with Crippen LogP contribution in [0.1, 0.15) is 5.56 Å². The molecule has 0 bridgehead atoms. The number of nitrogens with two attached hydrogens (primary N) is 1. The molecule has 2 aromatic rings. The Morgan fingerprint density at radius 2 is 2.07 bits per heavy atom. The predicted octanol–water partition coefficient (Wildman–Crippen LogP) is 2.48. The summed E-state index contributed by atoms with van der Waals surface area (Å²) >= 11 is 0. The number of rotatable bonds is 4. The molecule has 1 aliphatic heterocycles. The van der Waals surface area contributed by atoms with E-state index in [1.807, 2.05) is 0 Å². The fourth-order valence-electron chi connectivity index (χ4n) is 2.72. The molecule has 0 atom stereocenters. The van der Waals surface area contributed by atoms with Gasteiger partial charge in [0, 0.05) is 49.0 Å². The number of nitrogens with zero attached hydrogens (tertiary/aromatic N) is 2. The third-order valence-electron chi connectivity index (χ3n) is 4.02. The van der Waals surface area contributed by atoms with Crippen molar-refractivity contribution in [2.75, 3.05) is 25.1 Å². The molecule has 0 saturated heterocycles. The van der Waals surface area contributed by atoms with Crippen LogP contribution in [0.2, 0.25) is 0 Å². The molecule has 0 aliphatic carbocycles. The molecule has 7 nitrogen and oxygen atoms in total. The number of pyridine rings is 1. The van der Waals surface area contributed by atoms with E-state index in [2.05, 4.69) is 15.6 Å². The van der Waals surface area contributed by atoms with Gasteiger partial charge in [-0.2, -0.15) is 0 Å². The number of nitrogen functional groups attached to an aromatic ring is 1. The summed E-state index contributed by atoms with van der Waals surface area (Å²) in [5, 5.41) is 14.4. The molecule has 2 heterocycles. The van der Waals surface area contributed by atoms with Gasteiger partial charge in [0.25, 0.3) is 5.91 Å². The van der Waals surface area contributed by atoms with E-state index >= 15 is 0 Å². The van der Waals surface area contributed by atoms with Crippen LogP contribution in [-0.2, 0) is 4.79 Å². The maximum Gasteiger partial charge on any atom is 0.261 e. The lowest BCUT2D eigenvalue weighted by molar-refractivity contribution is -0.123. The average molecular weight is 366 g/mol. The van der Waals surface area contributed by atoms with Crippen molar-refractivity contribution in [2.45, 2.75) is 0 Å². The largest absolute Gasteiger partial charge is 0.399 e. The number of carbonyl (C=O) groups excluding carboxylic acids is 1. The van der Waals surface area contributed by atoms with Crippen LogP contribution in [0.3, 0.4) is 0 Å². The maximum absolute atomic E-state index is 13.1. The summed E-state index contributed by atoms with van der Waals surface area (Å²) in [5.41, 5.74) is 8.56. The quantitative estimate of drug-likeness (QED) is 0.491. The van der Waals surface area contributed by atoms with Gasteiger partial charge in [-0.15, -0.1) is 0 Å². The monoisotopic (exact) mass is 366 g/mol. The lowest BCUT2D eigenvalue weighted by Crippen LogP contribution is -2.33. The fourth-order valence-corrected chi connectivity index (χ4v) is 2.72. The van der Waals surface area contributed by atoms with E-state index in [0.717, 1.165) is 6.20 Å². The van der Waals surface area contributed by atoms with Crippen molar-refractivity contribution in [3.05, 3.63) is 65.9 Å². The molecule has 5 N–H and O–H groups in total. The van der Waals surface area contributed by atoms with Crippen molar-refractivity contribution >= 4 is 34.4 Å². The van der Waals surface area contributed by atoms with E-state index in [1.54, 1.807) is 38.5 Å². The van der Waals surface area contributed by atoms with Crippen LogP contribution in [0, 0.1) is 11.2 Å². The van der Waals surface area contributed by atoms with Crippen molar-refractivity contribution in [2.24, 2.45) is 0 Å². The van der Waals surface area contributed by atoms with Crippen molar-refractivity contribution < 1.29 is 9.18 Å². The number of carbonyl (C=O) groups is 1. The number of aromatic nitrogens is 1. The molecular formula is C19H19FN6O. The molecule has 8 heteroatoms. The van der Waals surface area contributed by atoms with Crippen molar-refractivity contribution in [1.82, 2.24) is 15.2 Å². The highest BCUT2D eigenvalue weighted by Gasteiger charge is 2.28. The second-order valence-corrected chi connectivity index (χ2v) is 5.97. The van der Waals surface area contributed by atoms with Gasteiger partial charge in [-0.3, -0.25) is 10.2 Å². The average Bonchev–Trinajstić information content (AvgIpc) is 2.65. The number of benzene rings is 1. The third-order valence-corrected chi connectivity index (χ3v) is 4.02. The maximum atomic E-state index is 13.1. The topological polar surface area (TPSA) is 107 Å². The van der Waals surface area contributed by atoms with E-state index in [9.17, 15) is 9.18 Å². The minimum absolute atomic E-state index is 0.0770. The molecular weight excluding hydrogens is 347 g/mol. The number of halogens is 1. The second-order valence-electron chi connectivity index (χ2n) is 5.97. The van der Waals surface area contributed by atoms with Gasteiger partial charge in [0.15, 0.2) is 0 Å². The molecule has 0 unspecified atom stereocenters. The van der Waals surface area contributed by atoms with Gasteiger partial charge in [0.05, 0.1) is 17.5 Å². The summed E-state index contributed by atoms with van der Waals surface area (Å²) in [7, 11) is 3.29. The number of nitrogens with one attached hydrogen (secondary N) is 3. The van der Waals surface area contributed by atoms with Crippen molar-refractivity contribution in [1.29, 1.82) is 5.41 Å². The molecule has 0 spiro atoms. The van der Waals surface area contributed by atoms with Crippen LogP contribution in [0.4, 0.5) is 21.6 Å². The lowest BCUT2D eigenvalue weighted by atomic mass is 9.92. The summed E-state index contributed by atoms with van der Waals surface area (Å²) in [5.74, 6) is -0.269. The summed E-state index contributed by atoms with van der Waals surface area (Å²) < 4.78 is 13.1. The predicted molar refractivity (Wildman–Crippen MR) is 104 cm³/mol. The Morgan fingerprint density at radius 3 is 2.74 bits per heavy atom. The zero-order chi connectivity index (χ0) is 19.6. The SMILES string of the molecule is CN/C=C1\C(=N)C(c2cc(N)ccc2Nc2ccc(F)cn2)=CN(C)C1=O. The minimum atomic E-state index is -0.433. The van der Waals surface area contributed by atoms with E-state index in [1.165, 1.54) is 23.2 Å². The van der Waals surface area contributed by atoms with Crippen molar-refractivity contribution in [3.8, 4) is 0 Å². The van der Waals surface area contributed by atoms with Gasteiger partial charge in [-0.05, 0) is 30.3 Å². The van der Waals surface area contributed by atoms with Crippen LogP contribution in [0.15, 0.2) is 54.5 Å².